The lowest BCUT2D eigenvalue weighted by Gasteiger charge is -2.12. The summed E-state index contributed by atoms with van der Waals surface area (Å²) < 4.78 is 29.2. The zero-order valence-electron chi connectivity index (χ0n) is 12.7. The molecule has 8 heteroatoms. The van der Waals surface area contributed by atoms with E-state index in [-0.39, 0.29) is 6.04 Å². The minimum absolute atomic E-state index is 0.0870. The highest BCUT2D eigenvalue weighted by Gasteiger charge is 2.20. The second kappa shape index (κ2) is 7.48. The average Bonchev–Trinajstić information content (AvgIpc) is 3.19. The van der Waals surface area contributed by atoms with Gasteiger partial charge in [0.2, 0.25) is 0 Å². The predicted molar refractivity (Wildman–Crippen MR) is 91.4 cm³/mol. The molecule has 0 atom stereocenters. The number of nitrogens with one attached hydrogen (secondary N) is 2. The fourth-order valence-electron chi connectivity index (χ4n) is 2.66. The Labute approximate surface area is 140 Å². The van der Waals surface area contributed by atoms with Crippen molar-refractivity contribution in [3.05, 3.63) is 35.6 Å². The quantitative estimate of drug-likeness (QED) is 0.799. The van der Waals surface area contributed by atoms with E-state index in [2.05, 4.69) is 19.4 Å². The molecule has 1 fully saturated rings. The van der Waals surface area contributed by atoms with E-state index in [4.69, 9.17) is 0 Å². The SMILES string of the molecule is O=S(=O)(NCCc1csc(-c2cccnc2)n1)NC1CCCC1. The third kappa shape index (κ3) is 4.81. The highest BCUT2D eigenvalue weighted by molar-refractivity contribution is 7.87. The molecule has 2 aromatic heterocycles. The summed E-state index contributed by atoms with van der Waals surface area (Å²) in [5.41, 5.74) is 1.87. The lowest BCUT2D eigenvalue weighted by Crippen LogP contribution is -2.42. The van der Waals surface area contributed by atoms with Crippen LogP contribution >= 0.6 is 11.3 Å². The summed E-state index contributed by atoms with van der Waals surface area (Å²) in [4.78, 5) is 8.61. The van der Waals surface area contributed by atoms with Gasteiger partial charge in [-0.3, -0.25) is 4.98 Å². The summed E-state index contributed by atoms with van der Waals surface area (Å²) in [5, 5.41) is 2.86. The molecular formula is C15H20N4O2S2. The topological polar surface area (TPSA) is 84.0 Å². The van der Waals surface area contributed by atoms with E-state index in [1.54, 1.807) is 23.7 Å². The predicted octanol–water partition coefficient (Wildman–Crippen LogP) is 2.11. The van der Waals surface area contributed by atoms with Crippen molar-refractivity contribution in [3.63, 3.8) is 0 Å². The zero-order valence-corrected chi connectivity index (χ0v) is 14.4. The Bertz CT molecular complexity index is 725. The maximum Gasteiger partial charge on any atom is 0.277 e. The van der Waals surface area contributed by atoms with E-state index in [0.29, 0.717) is 13.0 Å². The second-order valence-corrected chi connectivity index (χ2v) is 8.02. The normalized spacial score (nSPS) is 16.0. The van der Waals surface area contributed by atoms with Crippen molar-refractivity contribution in [2.75, 3.05) is 6.54 Å². The van der Waals surface area contributed by atoms with Crippen LogP contribution in [-0.4, -0.2) is 31.0 Å². The van der Waals surface area contributed by atoms with E-state index in [1.165, 1.54) is 0 Å². The lowest BCUT2D eigenvalue weighted by molar-refractivity contribution is 0.539. The van der Waals surface area contributed by atoms with Crippen LogP contribution in [0.1, 0.15) is 31.4 Å². The lowest BCUT2D eigenvalue weighted by atomic mass is 10.3. The van der Waals surface area contributed by atoms with Gasteiger partial charge in [-0.05, 0) is 25.0 Å². The third-order valence-electron chi connectivity index (χ3n) is 3.81. The highest BCUT2D eigenvalue weighted by Crippen LogP contribution is 2.22. The average molecular weight is 352 g/mol. The Balaban J connectivity index is 1.50. The Morgan fingerprint density at radius 1 is 1.30 bits per heavy atom. The molecule has 3 rings (SSSR count). The van der Waals surface area contributed by atoms with E-state index in [1.807, 2.05) is 17.5 Å². The van der Waals surface area contributed by atoms with Crippen LogP contribution in [0.5, 0.6) is 0 Å². The number of thiazole rings is 1. The summed E-state index contributed by atoms with van der Waals surface area (Å²) in [5.74, 6) is 0. The smallest absolute Gasteiger partial charge is 0.264 e. The van der Waals surface area contributed by atoms with Crippen LogP contribution in [0.3, 0.4) is 0 Å². The van der Waals surface area contributed by atoms with Crippen molar-refractivity contribution in [2.45, 2.75) is 38.1 Å². The summed E-state index contributed by atoms with van der Waals surface area (Å²) in [7, 11) is -3.41. The largest absolute Gasteiger partial charge is 0.277 e. The molecule has 0 unspecified atom stereocenters. The van der Waals surface area contributed by atoms with Gasteiger partial charge in [-0.25, -0.2) is 9.71 Å². The second-order valence-electron chi connectivity index (χ2n) is 5.63. The highest BCUT2D eigenvalue weighted by atomic mass is 32.2. The van der Waals surface area contributed by atoms with Crippen molar-refractivity contribution in [1.82, 2.24) is 19.4 Å². The number of hydrogen-bond donors (Lipinski definition) is 2. The van der Waals surface area contributed by atoms with Crippen LogP contribution in [0.15, 0.2) is 29.9 Å². The molecule has 124 valence electrons. The molecule has 0 amide bonds. The van der Waals surface area contributed by atoms with Crippen LogP contribution < -0.4 is 9.44 Å². The molecular weight excluding hydrogens is 332 g/mol. The van der Waals surface area contributed by atoms with Gasteiger partial charge < -0.3 is 0 Å². The van der Waals surface area contributed by atoms with Crippen LogP contribution in [0.25, 0.3) is 10.6 Å². The fourth-order valence-corrected chi connectivity index (χ4v) is 4.64. The van der Waals surface area contributed by atoms with E-state index >= 15 is 0 Å². The molecule has 0 aromatic carbocycles. The number of aromatic nitrogens is 2. The number of pyridine rings is 1. The first-order valence-corrected chi connectivity index (χ1v) is 10.1. The number of nitrogens with zero attached hydrogens (tertiary/aromatic N) is 2. The first kappa shape index (κ1) is 16.5. The van der Waals surface area contributed by atoms with Gasteiger partial charge in [0.1, 0.15) is 5.01 Å². The van der Waals surface area contributed by atoms with E-state index in [0.717, 1.165) is 41.9 Å². The maximum absolute atomic E-state index is 12.0. The molecule has 0 aliphatic heterocycles. The van der Waals surface area contributed by atoms with Crippen molar-refractivity contribution >= 4 is 21.5 Å². The van der Waals surface area contributed by atoms with Crippen molar-refractivity contribution in [3.8, 4) is 10.6 Å². The van der Waals surface area contributed by atoms with Gasteiger partial charge in [0, 0.05) is 42.3 Å². The minimum Gasteiger partial charge on any atom is -0.264 e. The third-order valence-corrected chi connectivity index (χ3v) is 5.98. The van der Waals surface area contributed by atoms with Crippen LogP contribution in [0.2, 0.25) is 0 Å². The van der Waals surface area contributed by atoms with Crippen LogP contribution in [-0.2, 0) is 16.6 Å². The summed E-state index contributed by atoms with van der Waals surface area (Å²) in [6, 6.07) is 3.92. The van der Waals surface area contributed by atoms with Crippen LogP contribution in [0, 0.1) is 0 Å². The Morgan fingerprint density at radius 2 is 2.13 bits per heavy atom. The van der Waals surface area contributed by atoms with Crippen LogP contribution in [0.4, 0.5) is 0 Å². The molecule has 6 nitrogen and oxygen atoms in total. The van der Waals surface area contributed by atoms with Gasteiger partial charge in [-0.2, -0.15) is 13.1 Å². The zero-order chi connectivity index (χ0) is 16.1. The van der Waals surface area contributed by atoms with Gasteiger partial charge >= 0.3 is 0 Å². The molecule has 1 aliphatic rings. The van der Waals surface area contributed by atoms with Gasteiger partial charge in [0.25, 0.3) is 10.2 Å². The molecule has 0 saturated heterocycles. The van der Waals surface area contributed by atoms with Gasteiger partial charge in [-0.15, -0.1) is 11.3 Å². The molecule has 2 N–H and O–H groups in total. The van der Waals surface area contributed by atoms with E-state index < -0.39 is 10.2 Å². The number of hydrogen-bond acceptors (Lipinski definition) is 5. The first-order chi connectivity index (χ1) is 11.1. The fraction of sp³-hybridized carbons (Fsp3) is 0.467. The Kier molecular flexibility index (Phi) is 5.37. The molecule has 2 heterocycles. The molecule has 0 radical (unpaired) electrons. The monoisotopic (exact) mass is 352 g/mol. The van der Waals surface area contributed by atoms with Gasteiger partial charge in [0.05, 0.1) is 5.69 Å². The van der Waals surface area contributed by atoms with Crippen molar-refractivity contribution < 1.29 is 8.42 Å². The van der Waals surface area contributed by atoms with Crippen molar-refractivity contribution in [1.29, 1.82) is 0 Å². The summed E-state index contributed by atoms with van der Waals surface area (Å²) in [6.07, 6.45) is 8.14. The standard InChI is InChI=1S/C15H20N4O2S2/c20-23(21,19-13-5-1-2-6-13)17-9-7-14-11-22-15(18-14)12-4-3-8-16-10-12/h3-4,8,10-11,13,17,19H,1-2,5-7,9H2. The molecule has 23 heavy (non-hydrogen) atoms. The molecule has 0 spiro atoms. The van der Waals surface area contributed by atoms with Gasteiger partial charge in [-0.1, -0.05) is 12.8 Å². The maximum atomic E-state index is 12.0. The Morgan fingerprint density at radius 3 is 2.87 bits per heavy atom. The number of rotatable bonds is 7. The molecule has 1 aliphatic carbocycles. The molecule has 1 saturated carbocycles. The van der Waals surface area contributed by atoms with Gasteiger partial charge in [0.15, 0.2) is 0 Å². The van der Waals surface area contributed by atoms with E-state index in [9.17, 15) is 8.42 Å². The minimum atomic E-state index is -3.41. The Hall–Kier alpha value is -1.35. The molecule has 0 bridgehead atoms. The molecule has 2 aromatic rings. The first-order valence-electron chi connectivity index (χ1n) is 7.74. The van der Waals surface area contributed by atoms with Crippen molar-refractivity contribution in [2.24, 2.45) is 0 Å². The summed E-state index contributed by atoms with van der Waals surface area (Å²) in [6.45, 7) is 0.346. The summed E-state index contributed by atoms with van der Waals surface area (Å²) >= 11 is 1.54.